The summed E-state index contributed by atoms with van der Waals surface area (Å²) >= 11 is 0. The van der Waals surface area contributed by atoms with Crippen LogP contribution in [0.3, 0.4) is 0 Å². The predicted molar refractivity (Wildman–Crippen MR) is 102 cm³/mol. The Labute approximate surface area is 154 Å². The molecule has 5 nitrogen and oxygen atoms in total. The van der Waals surface area contributed by atoms with Crippen molar-refractivity contribution >= 4 is 23.2 Å². The van der Waals surface area contributed by atoms with Crippen molar-refractivity contribution in [2.24, 2.45) is 22.4 Å². The highest BCUT2D eigenvalue weighted by Crippen LogP contribution is 2.53. The second kappa shape index (κ2) is 5.66. The maximum absolute atomic E-state index is 12.8. The van der Waals surface area contributed by atoms with E-state index in [1.165, 1.54) is 5.56 Å². The summed E-state index contributed by atoms with van der Waals surface area (Å²) in [6.45, 7) is 8.52. The topological polar surface area (TPSA) is 70.6 Å². The molecular formula is C21H27N3O2. The van der Waals surface area contributed by atoms with Gasteiger partial charge in [0.1, 0.15) is 0 Å². The molecule has 2 N–H and O–H groups in total. The number of hydrazone groups is 1. The van der Waals surface area contributed by atoms with Gasteiger partial charge < -0.3 is 5.32 Å². The van der Waals surface area contributed by atoms with Gasteiger partial charge in [0, 0.05) is 22.9 Å². The highest BCUT2D eigenvalue weighted by molar-refractivity contribution is 6.08. The van der Waals surface area contributed by atoms with Crippen LogP contribution in [0, 0.1) is 17.3 Å². The molecule has 1 fully saturated rings. The summed E-state index contributed by atoms with van der Waals surface area (Å²) in [6, 6.07) is 6.21. The lowest BCUT2D eigenvalue weighted by atomic mass is 9.56. The molecule has 0 spiro atoms. The van der Waals surface area contributed by atoms with Gasteiger partial charge in [-0.05, 0) is 55.9 Å². The normalized spacial score (nSPS) is 35.5. The lowest BCUT2D eigenvalue weighted by Gasteiger charge is -2.49. The van der Waals surface area contributed by atoms with Crippen molar-refractivity contribution in [2.45, 2.75) is 58.8 Å². The van der Waals surface area contributed by atoms with E-state index in [1.807, 2.05) is 12.1 Å². The molecule has 5 heteroatoms. The van der Waals surface area contributed by atoms with Gasteiger partial charge in [0.25, 0.3) is 0 Å². The minimum Gasteiger partial charge on any atom is -0.325 e. The Kier molecular flexibility index (Phi) is 3.76. The lowest BCUT2D eigenvalue weighted by Crippen LogP contribution is -2.53. The molecule has 0 radical (unpaired) electrons. The molecule has 2 aliphatic heterocycles. The molecule has 1 saturated carbocycles. The van der Waals surface area contributed by atoms with E-state index >= 15 is 0 Å². The second-order valence-electron chi connectivity index (χ2n) is 8.35. The van der Waals surface area contributed by atoms with Crippen LogP contribution in [-0.4, -0.2) is 17.5 Å². The summed E-state index contributed by atoms with van der Waals surface area (Å²) in [7, 11) is 0. The number of nitrogens with zero attached hydrogens (tertiary/aromatic N) is 1. The lowest BCUT2D eigenvalue weighted by molar-refractivity contribution is -0.130. The fourth-order valence-corrected chi connectivity index (χ4v) is 4.91. The molecule has 4 unspecified atom stereocenters. The Morgan fingerprint density at radius 1 is 1.08 bits per heavy atom. The molecule has 1 aromatic carbocycles. The third kappa shape index (κ3) is 2.06. The number of nitrogens with one attached hydrogen (secondary N) is 2. The van der Waals surface area contributed by atoms with E-state index in [1.54, 1.807) is 0 Å². The first-order valence-corrected chi connectivity index (χ1v) is 9.69. The zero-order valence-corrected chi connectivity index (χ0v) is 16.0. The fourth-order valence-electron chi connectivity index (χ4n) is 4.91. The standard InChI is InChI=1S/C21H27N3O2/c1-5-20(3)15-11-12(17-13-8-9-14(13)18(25)24-23-17)7-10-16(15)22-19(26)21(20,4)6-2/h7,10-11,13-14H,5-6,8-9H2,1-4H3,(H,22,26)(H,24,25). The average Bonchev–Trinajstić information content (AvgIpc) is 2.61. The molecule has 0 saturated heterocycles. The first-order valence-electron chi connectivity index (χ1n) is 9.69. The van der Waals surface area contributed by atoms with Gasteiger partial charge in [0.05, 0.1) is 11.1 Å². The number of hydrogen-bond donors (Lipinski definition) is 2. The van der Waals surface area contributed by atoms with E-state index in [0.29, 0.717) is 0 Å². The van der Waals surface area contributed by atoms with Crippen LogP contribution < -0.4 is 10.7 Å². The number of rotatable bonds is 3. The van der Waals surface area contributed by atoms with Gasteiger partial charge in [-0.15, -0.1) is 0 Å². The zero-order valence-electron chi connectivity index (χ0n) is 16.0. The van der Waals surface area contributed by atoms with Gasteiger partial charge in [-0.1, -0.05) is 26.8 Å². The minimum atomic E-state index is -0.449. The van der Waals surface area contributed by atoms with Gasteiger partial charge in [0.2, 0.25) is 11.8 Å². The second-order valence-corrected chi connectivity index (χ2v) is 8.35. The molecule has 4 atom stereocenters. The summed E-state index contributed by atoms with van der Waals surface area (Å²) in [4.78, 5) is 24.7. The van der Waals surface area contributed by atoms with Crippen LogP contribution in [0.1, 0.15) is 64.5 Å². The van der Waals surface area contributed by atoms with Crippen LogP contribution >= 0.6 is 0 Å². The first-order chi connectivity index (χ1) is 12.4. The SMILES string of the molecule is CCC1(C)C(=O)Nc2ccc(C3=NNC(=O)C4CCC34)cc2C1(C)CC. The van der Waals surface area contributed by atoms with Crippen molar-refractivity contribution in [3.63, 3.8) is 0 Å². The Hall–Kier alpha value is -2.17. The number of fused-ring (bicyclic) bond motifs is 2. The van der Waals surface area contributed by atoms with E-state index in [4.69, 9.17) is 0 Å². The molecule has 4 rings (SSSR count). The molecule has 2 amide bonds. The third-order valence-electron chi connectivity index (χ3n) is 7.54. The number of benzene rings is 1. The Morgan fingerprint density at radius 2 is 1.77 bits per heavy atom. The number of carbonyl (C=O) groups excluding carboxylic acids is 2. The molecule has 0 aromatic heterocycles. The first kappa shape index (κ1) is 17.3. The summed E-state index contributed by atoms with van der Waals surface area (Å²) in [5, 5.41) is 7.50. The van der Waals surface area contributed by atoms with Gasteiger partial charge in [0.15, 0.2) is 0 Å². The number of hydrogen-bond acceptors (Lipinski definition) is 3. The maximum Gasteiger partial charge on any atom is 0.243 e. The highest BCUT2D eigenvalue weighted by atomic mass is 16.2. The fraction of sp³-hybridized carbons (Fsp3) is 0.571. The molecule has 1 aliphatic carbocycles. The quantitative estimate of drug-likeness (QED) is 0.872. The van der Waals surface area contributed by atoms with Crippen molar-refractivity contribution in [1.82, 2.24) is 5.43 Å². The van der Waals surface area contributed by atoms with Crippen molar-refractivity contribution < 1.29 is 9.59 Å². The van der Waals surface area contributed by atoms with E-state index in [2.05, 4.69) is 49.6 Å². The van der Waals surface area contributed by atoms with Crippen molar-refractivity contribution in [3.05, 3.63) is 29.3 Å². The van der Waals surface area contributed by atoms with Gasteiger partial charge in [-0.3, -0.25) is 9.59 Å². The van der Waals surface area contributed by atoms with Gasteiger partial charge in [-0.2, -0.15) is 5.10 Å². The number of amides is 2. The maximum atomic E-state index is 12.8. The summed E-state index contributed by atoms with van der Waals surface area (Å²) in [5.74, 6) is 0.445. The Balaban J connectivity index is 1.82. The zero-order chi connectivity index (χ0) is 18.7. The van der Waals surface area contributed by atoms with Crippen LogP contribution in [0.25, 0.3) is 0 Å². The van der Waals surface area contributed by atoms with Crippen molar-refractivity contribution in [3.8, 4) is 0 Å². The molecule has 2 heterocycles. The van der Waals surface area contributed by atoms with E-state index < -0.39 is 5.41 Å². The largest absolute Gasteiger partial charge is 0.325 e. The smallest absolute Gasteiger partial charge is 0.243 e. The third-order valence-corrected chi connectivity index (χ3v) is 7.54. The number of anilines is 1. The monoisotopic (exact) mass is 353 g/mol. The summed E-state index contributed by atoms with van der Waals surface area (Å²) in [6.07, 6.45) is 3.63. The van der Waals surface area contributed by atoms with Gasteiger partial charge >= 0.3 is 0 Å². The van der Waals surface area contributed by atoms with E-state index in [9.17, 15) is 9.59 Å². The summed E-state index contributed by atoms with van der Waals surface area (Å²) < 4.78 is 0. The minimum absolute atomic E-state index is 0.0483. The molecule has 0 bridgehead atoms. The molecular weight excluding hydrogens is 326 g/mol. The molecule has 26 heavy (non-hydrogen) atoms. The van der Waals surface area contributed by atoms with Crippen LogP contribution in [0.15, 0.2) is 23.3 Å². The van der Waals surface area contributed by atoms with Crippen LogP contribution in [-0.2, 0) is 15.0 Å². The Morgan fingerprint density at radius 3 is 2.38 bits per heavy atom. The highest BCUT2D eigenvalue weighted by Gasteiger charge is 2.53. The molecule has 1 aromatic rings. The molecule has 138 valence electrons. The number of carbonyl (C=O) groups is 2. The van der Waals surface area contributed by atoms with E-state index in [-0.39, 0.29) is 29.1 Å². The van der Waals surface area contributed by atoms with Crippen LogP contribution in [0.2, 0.25) is 0 Å². The van der Waals surface area contributed by atoms with Crippen LogP contribution in [0.5, 0.6) is 0 Å². The summed E-state index contributed by atoms with van der Waals surface area (Å²) in [5.41, 5.74) is 6.12. The molecule has 3 aliphatic rings. The van der Waals surface area contributed by atoms with Crippen molar-refractivity contribution in [1.29, 1.82) is 0 Å². The van der Waals surface area contributed by atoms with E-state index in [0.717, 1.165) is 42.6 Å². The predicted octanol–water partition coefficient (Wildman–Crippen LogP) is 3.58. The van der Waals surface area contributed by atoms with Gasteiger partial charge in [-0.25, -0.2) is 5.43 Å². The van der Waals surface area contributed by atoms with Crippen molar-refractivity contribution in [2.75, 3.05) is 5.32 Å². The average molecular weight is 353 g/mol. The Bertz CT molecular complexity index is 831. The van der Waals surface area contributed by atoms with Crippen LogP contribution in [0.4, 0.5) is 5.69 Å².